The van der Waals surface area contributed by atoms with Crippen LogP contribution in [0.25, 0.3) is 0 Å². The van der Waals surface area contributed by atoms with Crippen LogP contribution >= 0.6 is 0 Å². The number of carbonyl (C=O) groups is 4. The van der Waals surface area contributed by atoms with Crippen LogP contribution in [0.3, 0.4) is 0 Å². The Kier molecular flexibility index (Phi) is 8.92. The molecule has 0 unspecified atom stereocenters. The van der Waals surface area contributed by atoms with Gasteiger partial charge in [-0.15, -0.1) is 0 Å². The Balaban J connectivity index is 1.62. The molecule has 39 heavy (non-hydrogen) atoms. The number of hydrogen-bond donors (Lipinski definition) is 2. The van der Waals surface area contributed by atoms with E-state index < -0.39 is 60.0 Å². The van der Waals surface area contributed by atoms with Gasteiger partial charge in [0.25, 0.3) is 11.8 Å². The van der Waals surface area contributed by atoms with Crippen molar-refractivity contribution in [3.05, 3.63) is 64.5 Å². The number of alkyl halides is 5. The minimum Gasteiger partial charge on any atom is -0.483 e. The van der Waals surface area contributed by atoms with Crippen molar-refractivity contribution in [3.63, 3.8) is 0 Å². The van der Waals surface area contributed by atoms with Crippen LogP contribution in [0.2, 0.25) is 0 Å². The van der Waals surface area contributed by atoms with Gasteiger partial charge in [-0.3, -0.25) is 19.2 Å². The van der Waals surface area contributed by atoms with E-state index >= 15 is 0 Å². The van der Waals surface area contributed by atoms with Crippen LogP contribution in [0.5, 0.6) is 5.75 Å². The SMILES string of the molecule is BC(=O)NC(=O)CCCN1Cc2cc(CNC(=O)C(F)(F)c3ccc(F)cc3OCC(F)(F)F)ccc2C1=O. The molecule has 0 spiro atoms. The topological polar surface area (TPSA) is 105 Å². The van der Waals surface area contributed by atoms with E-state index in [1.165, 1.54) is 30.9 Å². The average molecular weight is 557 g/mol. The molecule has 0 saturated carbocycles. The second kappa shape index (κ2) is 11.8. The molecule has 0 aromatic heterocycles. The molecule has 2 aromatic carbocycles. The summed E-state index contributed by atoms with van der Waals surface area (Å²) in [5.74, 6) is -9.73. The van der Waals surface area contributed by atoms with Crippen LogP contribution in [0.4, 0.5) is 31.1 Å². The lowest BCUT2D eigenvalue weighted by Crippen LogP contribution is -2.38. The number of imide groups is 1. The number of amides is 4. The van der Waals surface area contributed by atoms with Crippen molar-refractivity contribution < 1.29 is 50.3 Å². The van der Waals surface area contributed by atoms with Gasteiger partial charge in [0.05, 0.1) is 5.56 Å². The molecular formula is C24H22BF6N3O5. The lowest BCUT2D eigenvalue weighted by atomic mass is 10.0. The fourth-order valence-corrected chi connectivity index (χ4v) is 3.86. The van der Waals surface area contributed by atoms with Gasteiger partial charge < -0.3 is 20.3 Å². The fourth-order valence-electron chi connectivity index (χ4n) is 3.86. The second-order valence-corrected chi connectivity index (χ2v) is 8.73. The van der Waals surface area contributed by atoms with Gasteiger partial charge >= 0.3 is 12.1 Å². The van der Waals surface area contributed by atoms with Crippen molar-refractivity contribution in [3.8, 4) is 5.75 Å². The van der Waals surface area contributed by atoms with Crippen LogP contribution in [-0.2, 0) is 28.6 Å². The van der Waals surface area contributed by atoms with E-state index in [1.807, 2.05) is 5.32 Å². The van der Waals surface area contributed by atoms with Crippen LogP contribution < -0.4 is 15.4 Å². The van der Waals surface area contributed by atoms with E-state index in [1.54, 1.807) is 0 Å². The number of ether oxygens (including phenoxy) is 1. The third-order valence-electron chi connectivity index (χ3n) is 5.61. The average Bonchev–Trinajstić information content (AvgIpc) is 3.14. The predicted molar refractivity (Wildman–Crippen MR) is 126 cm³/mol. The normalized spacial score (nSPS) is 13.2. The van der Waals surface area contributed by atoms with Crippen LogP contribution in [-0.4, -0.2) is 55.6 Å². The molecule has 3 rings (SSSR count). The summed E-state index contributed by atoms with van der Waals surface area (Å²) in [4.78, 5) is 48.8. The zero-order valence-electron chi connectivity index (χ0n) is 20.5. The number of hydrogen-bond acceptors (Lipinski definition) is 5. The number of carbonyl (C=O) groups excluding carboxylic acids is 4. The molecule has 4 amide bonds. The molecule has 1 aliphatic rings. The molecule has 15 heteroatoms. The first kappa shape index (κ1) is 29.5. The lowest BCUT2D eigenvalue weighted by molar-refractivity contribution is -0.155. The summed E-state index contributed by atoms with van der Waals surface area (Å²) >= 11 is 0. The summed E-state index contributed by atoms with van der Waals surface area (Å²) in [5, 5.41) is 4.12. The van der Waals surface area contributed by atoms with E-state index in [2.05, 4.69) is 10.1 Å². The highest BCUT2D eigenvalue weighted by atomic mass is 19.4. The van der Waals surface area contributed by atoms with E-state index in [-0.39, 0.29) is 25.4 Å². The number of fused-ring (bicyclic) bond motifs is 1. The van der Waals surface area contributed by atoms with Gasteiger partial charge in [-0.25, -0.2) is 4.39 Å². The highest BCUT2D eigenvalue weighted by Gasteiger charge is 2.44. The predicted octanol–water partition coefficient (Wildman–Crippen LogP) is 2.78. The number of halogens is 6. The molecule has 0 radical (unpaired) electrons. The Morgan fingerprint density at radius 3 is 2.44 bits per heavy atom. The Hall–Kier alpha value is -4.04. The van der Waals surface area contributed by atoms with Gasteiger partial charge in [-0.05, 0) is 35.7 Å². The zero-order valence-corrected chi connectivity index (χ0v) is 20.5. The number of nitrogens with one attached hydrogen (secondary N) is 2. The van der Waals surface area contributed by atoms with Gasteiger partial charge in [0.15, 0.2) is 12.4 Å². The zero-order chi connectivity index (χ0) is 29.0. The first-order valence-corrected chi connectivity index (χ1v) is 11.5. The van der Waals surface area contributed by atoms with Crippen LogP contribution in [0.15, 0.2) is 36.4 Å². The van der Waals surface area contributed by atoms with Gasteiger partial charge in [0.1, 0.15) is 11.6 Å². The van der Waals surface area contributed by atoms with Gasteiger partial charge in [-0.1, -0.05) is 12.1 Å². The minimum atomic E-state index is -4.88. The molecule has 0 saturated heterocycles. The molecule has 0 fully saturated rings. The first-order chi connectivity index (χ1) is 18.2. The van der Waals surface area contributed by atoms with Crippen molar-refractivity contribution >= 4 is 31.4 Å². The molecule has 208 valence electrons. The number of rotatable bonds is 10. The Bertz CT molecular complexity index is 1290. The molecule has 2 N–H and O–H groups in total. The Labute approximate surface area is 219 Å². The molecule has 0 bridgehead atoms. The highest BCUT2D eigenvalue weighted by molar-refractivity contribution is 6.58. The number of nitrogens with zero attached hydrogens (tertiary/aromatic N) is 1. The maximum atomic E-state index is 14.8. The fraction of sp³-hybridized carbons (Fsp3) is 0.333. The standard InChI is InChI=1S/C24H22BF6N3O5/c25-22(38)33-19(35)2-1-7-34-11-14-8-13(3-5-16(14)20(34)36)10-32-21(37)24(30,31)17-6-4-15(26)9-18(17)39-12-23(27,28)29/h3-6,8-9H,1-2,7,10-12,25H2,(H,32,37)(H,33,35,38). The van der Waals surface area contributed by atoms with Gasteiger partial charge in [0.2, 0.25) is 13.8 Å². The molecule has 0 atom stereocenters. The van der Waals surface area contributed by atoms with Crippen LogP contribution in [0.1, 0.15) is 39.9 Å². The quantitative estimate of drug-likeness (QED) is 0.346. The molecule has 1 aliphatic heterocycles. The Morgan fingerprint density at radius 1 is 1.05 bits per heavy atom. The summed E-state index contributed by atoms with van der Waals surface area (Å²) < 4.78 is 84.9. The monoisotopic (exact) mass is 557 g/mol. The number of benzene rings is 2. The van der Waals surface area contributed by atoms with E-state index in [0.29, 0.717) is 41.3 Å². The largest absolute Gasteiger partial charge is 0.483 e. The second-order valence-electron chi connectivity index (χ2n) is 8.73. The smallest absolute Gasteiger partial charge is 0.422 e. The summed E-state index contributed by atoms with van der Waals surface area (Å²) in [6.45, 7) is -1.96. The maximum absolute atomic E-state index is 14.8. The van der Waals surface area contributed by atoms with E-state index in [4.69, 9.17) is 0 Å². The van der Waals surface area contributed by atoms with E-state index in [9.17, 15) is 45.5 Å². The molecule has 1 heterocycles. The molecule has 0 aliphatic carbocycles. The van der Waals surface area contributed by atoms with Crippen molar-refractivity contribution in [1.29, 1.82) is 0 Å². The summed E-state index contributed by atoms with van der Waals surface area (Å²) in [6, 6.07) is 5.80. The molecular weight excluding hydrogens is 535 g/mol. The Morgan fingerprint density at radius 2 is 1.77 bits per heavy atom. The highest BCUT2D eigenvalue weighted by Crippen LogP contribution is 2.36. The van der Waals surface area contributed by atoms with Crippen molar-refractivity contribution in [2.24, 2.45) is 0 Å². The maximum Gasteiger partial charge on any atom is 0.422 e. The van der Waals surface area contributed by atoms with Gasteiger partial charge in [-0.2, -0.15) is 22.0 Å². The van der Waals surface area contributed by atoms with Gasteiger partial charge in [0, 0.05) is 37.7 Å². The molecule has 2 aromatic rings. The van der Waals surface area contributed by atoms with Crippen molar-refractivity contribution in [1.82, 2.24) is 15.5 Å². The first-order valence-electron chi connectivity index (χ1n) is 11.5. The third-order valence-corrected chi connectivity index (χ3v) is 5.61. The van der Waals surface area contributed by atoms with Crippen molar-refractivity contribution in [2.75, 3.05) is 13.2 Å². The summed E-state index contributed by atoms with van der Waals surface area (Å²) in [5.41, 5.74) is 0.0493. The third kappa shape index (κ3) is 7.74. The summed E-state index contributed by atoms with van der Waals surface area (Å²) in [7, 11) is 1.20. The van der Waals surface area contributed by atoms with Crippen LogP contribution in [0, 0.1) is 5.82 Å². The molecule has 8 nitrogen and oxygen atoms in total. The van der Waals surface area contributed by atoms with E-state index in [0.717, 1.165) is 0 Å². The van der Waals surface area contributed by atoms with Crippen molar-refractivity contribution in [2.45, 2.75) is 38.0 Å². The summed E-state index contributed by atoms with van der Waals surface area (Å²) in [6.07, 6.45) is -4.55. The lowest BCUT2D eigenvalue weighted by Gasteiger charge is -2.20. The minimum absolute atomic E-state index is 0.0300.